The first-order valence-electron chi connectivity index (χ1n) is 5.99. The number of halogens is 1. The molecule has 1 saturated heterocycles. The quantitative estimate of drug-likeness (QED) is 0.514. The van der Waals surface area contributed by atoms with Crippen LogP contribution in [0.15, 0.2) is 0 Å². The van der Waals surface area contributed by atoms with Crippen molar-refractivity contribution in [2.75, 3.05) is 23.4 Å². The summed E-state index contributed by atoms with van der Waals surface area (Å²) in [6.45, 7) is 2.74. The van der Waals surface area contributed by atoms with E-state index in [9.17, 15) is 9.50 Å². The highest BCUT2D eigenvalue weighted by Crippen LogP contribution is 2.53. The zero-order valence-electron chi connectivity index (χ0n) is 10.1. The molecule has 2 heterocycles. The van der Waals surface area contributed by atoms with Gasteiger partial charge in [0.25, 0.3) is 0 Å². The van der Waals surface area contributed by atoms with Gasteiger partial charge in [-0.25, -0.2) is 15.8 Å². The zero-order valence-corrected chi connectivity index (χ0v) is 10.1. The smallest absolute Gasteiger partial charge is 0.209 e. The Morgan fingerprint density at radius 3 is 2.78 bits per heavy atom. The minimum absolute atomic E-state index is 0.0104. The number of hydrazine groups is 1. The fourth-order valence-corrected chi connectivity index (χ4v) is 2.61. The summed E-state index contributed by atoms with van der Waals surface area (Å²) >= 11 is 0. The van der Waals surface area contributed by atoms with E-state index < -0.39 is 11.9 Å². The maximum Gasteiger partial charge on any atom is 0.209 e. The lowest BCUT2D eigenvalue weighted by atomic mass is 10.0. The Morgan fingerprint density at radius 1 is 1.50 bits per heavy atom. The average molecular weight is 253 g/mol. The molecule has 6 nitrogen and oxygen atoms in total. The largest absolute Gasteiger partial charge is 0.391 e. The van der Waals surface area contributed by atoms with E-state index in [2.05, 4.69) is 15.4 Å². The standard InChI is InChI=1S/C11H16FN5O/c1-6-14-9(16-13)8(12)10(15-6)17-4-7(18)11(5-17)2-3-11/h7,18H,2-5,13H2,1H3,(H,14,15,16)/t7-/m1/s1. The molecule has 2 aliphatic rings. The first-order chi connectivity index (χ1) is 8.55. The van der Waals surface area contributed by atoms with Gasteiger partial charge in [0, 0.05) is 18.5 Å². The van der Waals surface area contributed by atoms with Crippen molar-refractivity contribution < 1.29 is 9.50 Å². The Kier molecular flexibility index (Phi) is 2.43. The predicted molar refractivity (Wildman–Crippen MR) is 64.4 cm³/mol. The molecule has 1 aliphatic heterocycles. The molecule has 3 rings (SSSR count). The number of aromatic nitrogens is 2. The Morgan fingerprint density at radius 2 is 2.22 bits per heavy atom. The Hall–Kier alpha value is -1.47. The van der Waals surface area contributed by atoms with Crippen molar-refractivity contribution in [2.24, 2.45) is 11.3 Å². The van der Waals surface area contributed by atoms with Crippen molar-refractivity contribution in [1.29, 1.82) is 0 Å². The maximum atomic E-state index is 14.1. The molecule has 18 heavy (non-hydrogen) atoms. The molecule has 7 heteroatoms. The van der Waals surface area contributed by atoms with E-state index in [0.717, 1.165) is 12.8 Å². The van der Waals surface area contributed by atoms with E-state index in [4.69, 9.17) is 5.84 Å². The van der Waals surface area contributed by atoms with E-state index in [1.54, 1.807) is 11.8 Å². The number of nitrogens with zero attached hydrogens (tertiary/aromatic N) is 3. The second kappa shape index (κ2) is 3.76. The zero-order chi connectivity index (χ0) is 12.9. The number of nitrogens with one attached hydrogen (secondary N) is 1. The van der Waals surface area contributed by atoms with E-state index in [1.807, 2.05) is 0 Å². The van der Waals surface area contributed by atoms with Crippen LogP contribution < -0.4 is 16.2 Å². The Bertz CT molecular complexity index is 491. The summed E-state index contributed by atoms with van der Waals surface area (Å²) in [6.07, 6.45) is 1.60. The number of anilines is 2. The lowest BCUT2D eigenvalue weighted by Crippen LogP contribution is -2.25. The molecule has 1 atom stereocenters. The summed E-state index contributed by atoms with van der Waals surface area (Å²) in [4.78, 5) is 9.79. The third-order valence-corrected chi connectivity index (χ3v) is 3.88. The highest BCUT2D eigenvalue weighted by Gasteiger charge is 2.55. The Balaban J connectivity index is 1.95. The second-order valence-corrected chi connectivity index (χ2v) is 5.16. The molecular formula is C11H16FN5O. The van der Waals surface area contributed by atoms with Crippen LogP contribution in [0.4, 0.5) is 16.0 Å². The van der Waals surface area contributed by atoms with Crippen LogP contribution in [0.5, 0.6) is 0 Å². The lowest BCUT2D eigenvalue weighted by Gasteiger charge is -2.19. The minimum atomic E-state index is -0.562. The van der Waals surface area contributed by atoms with E-state index in [0.29, 0.717) is 18.9 Å². The molecule has 1 aliphatic carbocycles. The van der Waals surface area contributed by atoms with Crippen molar-refractivity contribution in [3.8, 4) is 0 Å². The van der Waals surface area contributed by atoms with Gasteiger partial charge >= 0.3 is 0 Å². The van der Waals surface area contributed by atoms with Gasteiger partial charge in [-0.2, -0.15) is 4.39 Å². The van der Waals surface area contributed by atoms with Crippen molar-refractivity contribution in [1.82, 2.24) is 9.97 Å². The molecule has 0 amide bonds. The van der Waals surface area contributed by atoms with E-state index >= 15 is 0 Å². The van der Waals surface area contributed by atoms with Crippen LogP contribution in [0.1, 0.15) is 18.7 Å². The summed E-state index contributed by atoms with van der Waals surface area (Å²) < 4.78 is 14.1. The minimum Gasteiger partial charge on any atom is -0.391 e. The molecule has 2 fully saturated rings. The van der Waals surface area contributed by atoms with Crippen molar-refractivity contribution in [3.05, 3.63) is 11.6 Å². The average Bonchev–Trinajstić information content (AvgIpc) is 3.04. The van der Waals surface area contributed by atoms with Crippen LogP contribution in [0.3, 0.4) is 0 Å². The van der Waals surface area contributed by atoms with Gasteiger partial charge in [-0.15, -0.1) is 0 Å². The van der Waals surface area contributed by atoms with Gasteiger partial charge in [0.15, 0.2) is 11.6 Å². The Labute approximate surface area is 104 Å². The van der Waals surface area contributed by atoms with Crippen molar-refractivity contribution in [3.63, 3.8) is 0 Å². The third-order valence-electron chi connectivity index (χ3n) is 3.88. The van der Waals surface area contributed by atoms with Crippen LogP contribution in [-0.2, 0) is 0 Å². The molecule has 0 radical (unpaired) electrons. The van der Waals surface area contributed by atoms with Crippen LogP contribution in [0.25, 0.3) is 0 Å². The first-order valence-corrected chi connectivity index (χ1v) is 5.99. The predicted octanol–water partition coefficient (Wildman–Crippen LogP) is 0.171. The number of nitrogens with two attached hydrogens (primary N) is 1. The third kappa shape index (κ3) is 1.62. The first kappa shape index (κ1) is 11.6. The maximum absolute atomic E-state index is 14.1. The van der Waals surface area contributed by atoms with Crippen LogP contribution >= 0.6 is 0 Å². The fraction of sp³-hybridized carbons (Fsp3) is 0.636. The number of aliphatic hydroxyl groups is 1. The fourth-order valence-electron chi connectivity index (χ4n) is 2.61. The van der Waals surface area contributed by atoms with Gasteiger partial charge in [-0.1, -0.05) is 0 Å². The molecule has 98 valence electrons. The van der Waals surface area contributed by atoms with Gasteiger partial charge in [-0.3, -0.25) is 0 Å². The topological polar surface area (TPSA) is 87.3 Å². The molecule has 1 spiro atoms. The van der Waals surface area contributed by atoms with Crippen molar-refractivity contribution >= 4 is 11.6 Å². The van der Waals surface area contributed by atoms with Gasteiger partial charge in [0.2, 0.25) is 5.82 Å². The highest BCUT2D eigenvalue weighted by atomic mass is 19.1. The molecule has 0 unspecified atom stereocenters. The SMILES string of the molecule is Cc1nc(NN)c(F)c(N2C[C@@H](O)C3(CC3)C2)n1. The highest BCUT2D eigenvalue weighted by molar-refractivity contribution is 5.52. The van der Waals surface area contributed by atoms with Gasteiger partial charge in [0.05, 0.1) is 6.10 Å². The molecule has 4 N–H and O–H groups in total. The van der Waals surface area contributed by atoms with E-state index in [-0.39, 0.29) is 17.1 Å². The lowest BCUT2D eigenvalue weighted by molar-refractivity contribution is 0.136. The number of nitrogen functional groups attached to an aromatic ring is 1. The molecule has 1 aromatic heterocycles. The second-order valence-electron chi connectivity index (χ2n) is 5.16. The van der Waals surface area contributed by atoms with Gasteiger partial charge in [-0.05, 0) is 19.8 Å². The molecular weight excluding hydrogens is 237 g/mol. The molecule has 1 saturated carbocycles. The number of rotatable bonds is 2. The summed E-state index contributed by atoms with van der Waals surface area (Å²) in [5.41, 5.74) is 2.19. The number of aliphatic hydroxyl groups excluding tert-OH is 1. The molecule has 0 bridgehead atoms. The summed E-state index contributed by atoms with van der Waals surface area (Å²) in [7, 11) is 0. The van der Waals surface area contributed by atoms with E-state index in [1.165, 1.54) is 0 Å². The molecule has 1 aromatic rings. The van der Waals surface area contributed by atoms with Gasteiger partial charge in [0.1, 0.15) is 5.82 Å². The molecule has 0 aromatic carbocycles. The number of β-amino-alcohol motifs (C(OH)–C–C–N with tert-alkyl or cyclic N) is 1. The summed E-state index contributed by atoms with van der Waals surface area (Å²) in [6, 6.07) is 0. The van der Waals surface area contributed by atoms with Crippen molar-refractivity contribution in [2.45, 2.75) is 25.9 Å². The van der Waals surface area contributed by atoms with Crippen LogP contribution in [0, 0.1) is 18.2 Å². The number of aryl methyl sites for hydroxylation is 1. The number of hydrogen-bond donors (Lipinski definition) is 3. The number of hydrogen-bond acceptors (Lipinski definition) is 6. The van der Waals surface area contributed by atoms with Crippen LogP contribution in [-0.4, -0.2) is 34.3 Å². The van der Waals surface area contributed by atoms with Gasteiger partial charge < -0.3 is 15.4 Å². The summed E-state index contributed by atoms with van der Waals surface area (Å²) in [5.74, 6) is 5.33. The van der Waals surface area contributed by atoms with Crippen LogP contribution in [0.2, 0.25) is 0 Å². The monoisotopic (exact) mass is 253 g/mol. The summed E-state index contributed by atoms with van der Waals surface area (Å²) in [5, 5.41) is 9.99. The normalized spacial score (nSPS) is 24.7.